The molecule has 0 bridgehead atoms. The fourth-order valence-electron chi connectivity index (χ4n) is 3.34. The van der Waals surface area contributed by atoms with E-state index in [0.29, 0.717) is 11.7 Å². The number of carbonyl (C=O) groups is 1. The number of ether oxygens (including phenoxy) is 1. The molecule has 8 heteroatoms. The second kappa shape index (κ2) is 8.50. The number of benzene rings is 1. The summed E-state index contributed by atoms with van der Waals surface area (Å²) in [6.07, 6.45) is 9.35. The molecule has 1 aliphatic rings. The van der Waals surface area contributed by atoms with E-state index < -0.39 is 0 Å². The van der Waals surface area contributed by atoms with Crippen molar-refractivity contribution in [2.24, 2.45) is 0 Å². The molecule has 0 saturated carbocycles. The molecule has 1 fully saturated rings. The minimum absolute atomic E-state index is 0.122. The molecule has 3 aromatic rings. The third-order valence-electron chi connectivity index (χ3n) is 4.68. The van der Waals surface area contributed by atoms with E-state index >= 15 is 0 Å². The number of hydrogen-bond acceptors (Lipinski definition) is 5. The van der Waals surface area contributed by atoms with Gasteiger partial charge in [0.2, 0.25) is 5.91 Å². The number of thioether (sulfide) groups is 1. The molecule has 1 unspecified atom stereocenters. The quantitative estimate of drug-likeness (QED) is 0.474. The Balaban J connectivity index is 1.63. The van der Waals surface area contributed by atoms with Crippen LogP contribution in [0.5, 0.6) is 0 Å². The van der Waals surface area contributed by atoms with Crippen LogP contribution in [0.4, 0.5) is 0 Å². The van der Waals surface area contributed by atoms with Gasteiger partial charge in [-0.2, -0.15) is 0 Å². The van der Waals surface area contributed by atoms with Crippen LogP contribution in [-0.4, -0.2) is 50.7 Å². The Bertz CT molecular complexity index is 1010. The normalized spacial score (nSPS) is 16.3. The number of aromatic amines is 1. The molecule has 3 heterocycles. The molecule has 144 valence electrons. The summed E-state index contributed by atoms with van der Waals surface area (Å²) in [6.45, 7) is 1.67. The van der Waals surface area contributed by atoms with Crippen molar-refractivity contribution in [3.63, 3.8) is 0 Å². The van der Waals surface area contributed by atoms with Gasteiger partial charge in [-0.3, -0.25) is 9.36 Å². The number of para-hydroxylation sites is 1. The number of terminal acetylenes is 1. The zero-order chi connectivity index (χ0) is 19.3. The Morgan fingerprint density at radius 3 is 3.14 bits per heavy atom. The molecular weight excluding hydrogens is 374 g/mol. The lowest BCUT2D eigenvalue weighted by molar-refractivity contribution is -0.118. The van der Waals surface area contributed by atoms with Gasteiger partial charge in [0.15, 0.2) is 11.0 Å². The van der Waals surface area contributed by atoms with E-state index in [-0.39, 0.29) is 24.3 Å². The molecule has 1 aliphatic heterocycles. The van der Waals surface area contributed by atoms with E-state index in [1.54, 1.807) is 0 Å². The van der Waals surface area contributed by atoms with E-state index in [4.69, 9.17) is 11.2 Å². The SMILES string of the molecule is C#CCNC(=O)CSc1nnc(-c2c[nH]c3ccccc23)n1CC1CCCO1. The predicted octanol–water partition coefficient (Wildman–Crippen LogP) is 2.45. The van der Waals surface area contributed by atoms with Crippen molar-refractivity contribution in [1.82, 2.24) is 25.1 Å². The number of nitrogens with zero attached hydrogens (tertiary/aromatic N) is 3. The highest BCUT2D eigenvalue weighted by Gasteiger charge is 2.23. The van der Waals surface area contributed by atoms with Gasteiger partial charge in [0.1, 0.15) is 0 Å². The van der Waals surface area contributed by atoms with Crippen molar-refractivity contribution in [3.05, 3.63) is 30.5 Å². The van der Waals surface area contributed by atoms with Crippen molar-refractivity contribution >= 4 is 28.6 Å². The number of fused-ring (bicyclic) bond motifs is 1. The lowest BCUT2D eigenvalue weighted by atomic mass is 10.1. The first-order valence-electron chi connectivity index (χ1n) is 9.20. The average molecular weight is 395 g/mol. The van der Waals surface area contributed by atoms with Crippen LogP contribution in [-0.2, 0) is 16.1 Å². The van der Waals surface area contributed by atoms with Gasteiger partial charge in [-0.15, -0.1) is 16.6 Å². The smallest absolute Gasteiger partial charge is 0.231 e. The minimum atomic E-state index is -0.122. The molecule has 1 amide bonds. The lowest BCUT2D eigenvalue weighted by Crippen LogP contribution is -2.25. The van der Waals surface area contributed by atoms with Crippen molar-refractivity contribution in [1.29, 1.82) is 0 Å². The molecule has 0 aliphatic carbocycles. The molecule has 2 N–H and O–H groups in total. The third kappa shape index (κ3) is 3.91. The van der Waals surface area contributed by atoms with Crippen molar-refractivity contribution in [2.45, 2.75) is 30.6 Å². The van der Waals surface area contributed by atoms with E-state index in [1.807, 2.05) is 24.4 Å². The summed E-state index contributed by atoms with van der Waals surface area (Å²) in [5.74, 6) is 3.29. The van der Waals surface area contributed by atoms with Gasteiger partial charge in [0.25, 0.3) is 0 Å². The summed E-state index contributed by atoms with van der Waals surface area (Å²) < 4.78 is 7.89. The topological polar surface area (TPSA) is 84.8 Å². The average Bonchev–Trinajstić information content (AvgIpc) is 3.45. The van der Waals surface area contributed by atoms with Crippen LogP contribution in [0.1, 0.15) is 12.8 Å². The highest BCUT2D eigenvalue weighted by molar-refractivity contribution is 7.99. The van der Waals surface area contributed by atoms with Crippen LogP contribution in [0.2, 0.25) is 0 Å². The molecule has 4 rings (SSSR count). The Kier molecular flexibility index (Phi) is 5.65. The summed E-state index contributed by atoms with van der Waals surface area (Å²) in [7, 11) is 0. The van der Waals surface area contributed by atoms with E-state index in [9.17, 15) is 4.79 Å². The van der Waals surface area contributed by atoms with Gasteiger partial charge in [-0.05, 0) is 18.9 Å². The van der Waals surface area contributed by atoms with Gasteiger partial charge in [0, 0.05) is 29.3 Å². The maximum Gasteiger partial charge on any atom is 0.231 e. The Hall–Kier alpha value is -2.76. The fourth-order valence-corrected chi connectivity index (χ4v) is 4.12. The fraction of sp³-hybridized carbons (Fsp3) is 0.350. The molecular formula is C20H21N5O2S. The number of carbonyl (C=O) groups excluding carboxylic acids is 1. The van der Waals surface area contributed by atoms with Gasteiger partial charge in [-0.25, -0.2) is 0 Å². The van der Waals surface area contributed by atoms with Crippen LogP contribution in [0.3, 0.4) is 0 Å². The second-order valence-corrected chi connectivity index (χ2v) is 7.51. The number of H-pyrrole nitrogens is 1. The number of hydrogen-bond donors (Lipinski definition) is 2. The molecule has 0 radical (unpaired) electrons. The number of nitrogens with one attached hydrogen (secondary N) is 2. The summed E-state index contributed by atoms with van der Waals surface area (Å²) >= 11 is 1.36. The first-order chi connectivity index (χ1) is 13.8. The summed E-state index contributed by atoms with van der Waals surface area (Å²) in [5, 5.41) is 13.3. The van der Waals surface area contributed by atoms with Gasteiger partial charge < -0.3 is 15.0 Å². The van der Waals surface area contributed by atoms with E-state index in [0.717, 1.165) is 41.7 Å². The molecule has 2 aromatic heterocycles. The first kappa shape index (κ1) is 18.6. The van der Waals surface area contributed by atoms with Crippen LogP contribution in [0, 0.1) is 12.3 Å². The number of rotatable bonds is 7. The standard InChI is InChI=1S/C20H21N5O2S/c1-2-9-21-18(26)13-28-20-24-23-19(25(20)12-14-6-5-10-27-14)16-11-22-17-8-4-3-7-15(16)17/h1,3-4,7-8,11,14,22H,5-6,9-10,12-13H2,(H,21,26). The largest absolute Gasteiger partial charge is 0.376 e. The summed E-state index contributed by atoms with van der Waals surface area (Å²) in [4.78, 5) is 15.2. The second-order valence-electron chi connectivity index (χ2n) is 6.57. The number of amides is 1. The summed E-state index contributed by atoms with van der Waals surface area (Å²) in [5.41, 5.74) is 2.04. The molecule has 1 saturated heterocycles. The van der Waals surface area contributed by atoms with Gasteiger partial charge in [0.05, 0.1) is 24.9 Å². The molecule has 28 heavy (non-hydrogen) atoms. The zero-order valence-corrected chi connectivity index (χ0v) is 16.2. The van der Waals surface area contributed by atoms with Crippen LogP contribution in [0.15, 0.2) is 35.6 Å². The minimum Gasteiger partial charge on any atom is -0.376 e. The van der Waals surface area contributed by atoms with Crippen LogP contribution in [0.25, 0.3) is 22.3 Å². The van der Waals surface area contributed by atoms with E-state index in [2.05, 4.69) is 37.1 Å². The highest BCUT2D eigenvalue weighted by Crippen LogP contribution is 2.31. The molecule has 1 atom stereocenters. The van der Waals surface area contributed by atoms with Crippen LogP contribution >= 0.6 is 11.8 Å². The summed E-state index contributed by atoms with van der Waals surface area (Å²) in [6, 6.07) is 8.10. The monoisotopic (exact) mass is 395 g/mol. The molecule has 7 nitrogen and oxygen atoms in total. The highest BCUT2D eigenvalue weighted by atomic mass is 32.2. The van der Waals surface area contributed by atoms with Gasteiger partial charge in [-0.1, -0.05) is 35.9 Å². The maximum absolute atomic E-state index is 11.9. The Morgan fingerprint density at radius 2 is 2.32 bits per heavy atom. The Labute approximate surface area is 167 Å². The van der Waals surface area contributed by atoms with Gasteiger partial charge >= 0.3 is 0 Å². The number of aromatic nitrogens is 4. The Morgan fingerprint density at radius 1 is 1.43 bits per heavy atom. The third-order valence-corrected chi connectivity index (χ3v) is 5.64. The van der Waals surface area contributed by atoms with Crippen LogP contribution < -0.4 is 5.32 Å². The molecule has 0 spiro atoms. The van der Waals surface area contributed by atoms with E-state index in [1.165, 1.54) is 11.8 Å². The molecule has 1 aromatic carbocycles. The van der Waals surface area contributed by atoms with Crippen molar-refractivity contribution in [3.8, 4) is 23.7 Å². The zero-order valence-electron chi connectivity index (χ0n) is 15.4. The van der Waals surface area contributed by atoms with Crippen molar-refractivity contribution in [2.75, 3.05) is 18.9 Å². The van der Waals surface area contributed by atoms with Crippen molar-refractivity contribution < 1.29 is 9.53 Å². The first-order valence-corrected chi connectivity index (χ1v) is 10.2. The maximum atomic E-state index is 11.9. The lowest BCUT2D eigenvalue weighted by Gasteiger charge is -2.14. The predicted molar refractivity (Wildman–Crippen MR) is 109 cm³/mol.